The summed E-state index contributed by atoms with van der Waals surface area (Å²) in [6.45, 7) is 2.86. The van der Waals surface area contributed by atoms with Crippen LogP contribution in [0.15, 0.2) is 145 Å². The number of hydrogen-bond acceptors (Lipinski definition) is 6. The number of carbonyl (C=O) groups is 2. The lowest BCUT2D eigenvalue weighted by molar-refractivity contribution is -0.128. The van der Waals surface area contributed by atoms with Gasteiger partial charge in [-0.25, -0.2) is 14.7 Å². The zero-order valence-electron chi connectivity index (χ0n) is 34.5. The SMILES string of the molecule is CCCCc1nc2c(n1Cc1ccc(-c3ccccc3-c3nnnn3C(c3ccccc3)(c3ccccc3)c3ccccc3)cc1)=CCC(=NC(=O)[C@@H]1CCCC[C@@H]1C=O)C=2. The Morgan fingerprint density at radius 3 is 2.05 bits per heavy atom. The summed E-state index contributed by atoms with van der Waals surface area (Å²) in [6, 6.07) is 48.5. The highest BCUT2D eigenvalue weighted by Crippen LogP contribution is 2.43. The van der Waals surface area contributed by atoms with Crippen molar-refractivity contribution < 1.29 is 9.59 Å². The van der Waals surface area contributed by atoms with E-state index in [-0.39, 0.29) is 17.7 Å². The standard InChI is InChI=1S/C52H49N7O2/c1-2-3-27-49-54-47-34-43(53-51(61)45-25-14-13-17-39(45)36-60)32-33-48(47)58(49)35-37-28-30-38(31-29-37)44-24-15-16-26-46(44)50-55-56-57-59(50)52(40-18-7-4-8-19-40,41-20-9-5-10-21-41)42-22-11-6-12-23-42/h4-12,15-16,18-24,26,28-31,33-34,36,39,45H,2-3,13-14,17,25,27,32,35H2,1H3/t39-,45-/m1/s1. The van der Waals surface area contributed by atoms with Crippen LogP contribution in [0.25, 0.3) is 34.7 Å². The lowest BCUT2D eigenvalue weighted by Crippen LogP contribution is -2.39. The van der Waals surface area contributed by atoms with Crippen molar-refractivity contribution in [1.29, 1.82) is 0 Å². The molecule has 1 fully saturated rings. The van der Waals surface area contributed by atoms with Gasteiger partial charge in [-0.2, -0.15) is 0 Å². The molecular formula is C52H49N7O2. The molecule has 1 amide bonds. The lowest BCUT2D eigenvalue weighted by Gasteiger charge is -2.36. The number of aldehydes is 1. The zero-order valence-corrected chi connectivity index (χ0v) is 34.5. The van der Waals surface area contributed by atoms with Crippen molar-refractivity contribution in [3.05, 3.63) is 178 Å². The van der Waals surface area contributed by atoms with E-state index in [9.17, 15) is 9.59 Å². The van der Waals surface area contributed by atoms with Crippen molar-refractivity contribution in [2.75, 3.05) is 0 Å². The van der Waals surface area contributed by atoms with Crippen molar-refractivity contribution in [2.45, 2.75) is 70.4 Å². The van der Waals surface area contributed by atoms with Crippen LogP contribution in [0.2, 0.25) is 0 Å². The van der Waals surface area contributed by atoms with Gasteiger partial charge < -0.3 is 9.36 Å². The van der Waals surface area contributed by atoms with E-state index in [1.807, 2.05) is 35.0 Å². The van der Waals surface area contributed by atoms with Gasteiger partial charge in [-0.3, -0.25) is 4.79 Å². The Morgan fingerprint density at radius 2 is 1.41 bits per heavy atom. The molecule has 0 aliphatic heterocycles. The Kier molecular flexibility index (Phi) is 11.5. The molecular weight excluding hydrogens is 755 g/mol. The van der Waals surface area contributed by atoms with Gasteiger partial charge in [-0.15, -0.1) is 5.10 Å². The summed E-state index contributed by atoms with van der Waals surface area (Å²) in [5, 5.41) is 15.8. The number of amides is 1. The number of imidazole rings is 1. The number of aliphatic imine (C=N–C) groups is 1. The summed E-state index contributed by atoms with van der Waals surface area (Å²) in [7, 11) is 0. The molecule has 0 bridgehead atoms. The number of nitrogens with zero attached hydrogens (tertiary/aromatic N) is 7. The molecule has 61 heavy (non-hydrogen) atoms. The second kappa shape index (κ2) is 17.8. The number of hydrogen-bond donors (Lipinski definition) is 0. The molecule has 2 heterocycles. The monoisotopic (exact) mass is 803 g/mol. The maximum absolute atomic E-state index is 13.2. The molecule has 2 aliphatic carbocycles. The first-order valence-corrected chi connectivity index (χ1v) is 21.6. The first-order valence-electron chi connectivity index (χ1n) is 21.6. The Morgan fingerprint density at radius 1 is 0.787 bits per heavy atom. The predicted molar refractivity (Wildman–Crippen MR) is 240 cm³/mol. The average Bonchev–Trinajstić information content (AvgIpc) is 3.95. The van der Waals surface area contributed by atoms with E-state index in [2.05, 4.69) is 143 Å². The second-order valence-corrected chi connectivity index (χ2v) is 16.1. The first-order chi connectivity index (χ1) is 30.1. The van der Waals surface area contributed by atoms with Gasteiger partial charge in [0.1, 0.15) is 17.6 Å². The molecule has 5 aromatic carbocycles. The van der Waals surface area contributed by atoms with E-state index < -0.39 is 5.54 Å². The largest absolute Gasteiger partial charge is 0.324 e. The first kappa shape index (κ1) is 39.6. The third-order valence-electron chi connectivity index (χ3n) is 12.4. The maximum atomic E-state index is 13.2. The third-order valence-corrected chi connectivity index (χ3v) is 12.4. The highest BCUT2D eigenvalue weighted by molar-refractivity contribution is 6.16. The molecule has 0 radical (unpaired) electrons. The Bertz CT molecular complexity index is 2700. The van der Waals surface area contributed by atoms with Crippen LogP contribution < -0.4 is 10.7 Å². The number of aromatic nitrogens is 6. The molecule has 9 heteroatoms. The average molecular weight is 804 g/mol. The highest BCUT2D eigenvalue weighted by Gasteiger charge is 2.42. The summed E-state index contributed by atoms with van der Waals surface area (Å²) < 4.78 is 4.30. The van der Waals surface area contributed by atoms with Crippen molar-refractivity contribution in [1.82, 2.24) is 29.8 Å². The van der Waals surface area contributed by atoms with Gasteiger partial charge in [0.25, 0.3) is 0 Å². The van der Waals surface area contributed by atoms with E-state index in [4.69, 9.17) is 15.3 Å². The van der Waals surface area contributed by atoms with Gasteiger partial charge in [0.15, 0.2) is 5.82 Å². The fourth-order valence-corrected chi connectivity index (χ4v) is 9.29. The Labute approximate surface area is 356 Å². The molecule has 9 rings (SSSR count). The van der Waals surface area contributed by atoms with Crippen molar-refractivity contribution >= 4 is 30.1 Å². The molecule has 9 nitrogen and oxygen atoms in total. The molecule has 0 spiro atoms. The normalized spacial score (nSPS) is 17.0. The van der Waals surface area contributed by atoms with Gasteiger partial charge in [0, 0.05) is 36.8 Å². The fourth-order valence-electron chi connectivity index (χ4n) is 9.29. The van der Waals surface area contributed by atoms with Crippen LogP contribution in [0.5, 0.6) is 0 Å². The van der Waals surface area contributed by atoms with Crippen molar-refractivity contribution in [3.63, 3.8) is 0 Å². The summed E-state index contributed by atoms with van der Waals surface area (Å²) in [5.41, 5.74) is 7.12. The van der Waals surface area contributed by atoms with Crippen LogP contribution in [0.3, 0.4) is 0 Å². The number of unbranched alkanes of at least 4 members (excludes halogenated alkanes) is 1. The summed E-state index contributed by atoms with van der Waals surface area (Å²) in [6.07, 6.45) is 12.0. The molecule has 7 aromatic rings. The topological polar surface area (TPSA) is 108 Å². The van der Waals surface area contributed by atoms with Gasteiger partial charge in [-0.05, 0) is 69.1 Å². The number of rotatable bonds is 13. The van der Waals surface area contributed by atoms with Crippen LogP contribution >= 0.6 is 0 Å². The Hall–Kier alpha value is -6.87. The van der Waals surface area contributed by atoms with E-state index in [0.29, 0.717) is 24.5 Å². The zero-order chi connectivity index (χ0) is 41.6. The number of benzene rings is 5. The molecule has 304 valence electrons. The minimum Gasteiger partial charge on any atom is -0.324 e. The van der Waals surface area contributed by atoms with Crippen LogP contribution in [0, 0.1) is 11.8 Å². The molecule has 0 unspecified atom stereocenters. The number of aryl methyl sites for hydroxylation is 1. The molecule has 0 saturated heterocycles. The highest BCUT2D eigenvalue weighted by atomic mass is 16.1. The van der Waals surface area contributed by atoms with E-state index in [1.54, 1.807) is 0 Å². The molecule has 1 saturated carbocycles. The van der Waals surface area contributed by atoms with Crippen LogP contribution in [0.4, 0.5) is 0 Å². The Balaban J connectivity index is 1.06. The number of fused-ring (bicyclic) bond motifs is 1. The number of tetrazole rings is 1. The summed E-state index contributed by atoms with van der Waals surface area (Å²) in [5.74, 6) is 0.957. The van der Waals surface area contributed by atoms with E-state index in [1.165, 1.54) is 0 Å². The van der Waals surface area contributed by atoms with Crippen LogP contribution in [0.1, 0.15) is 79.9 Å². The van der Waals surface area contributed by atoms with Crippen molar-refractivity contribution in [2.24, 2.45) is 16.8 Å². The molecule has 2 aliphatic rings. The van der Waals surface area contributed by atoms with Crippen LogP contribution in [-0.4, -0.2) is 47.7 Å². The fraction of sp³-hybridized carbons (Fsp3) is 0.250. The molecule has 2 atom stereocenters. The predicted octanol–water partition coefficient (Wildman–Crippen LogP) is 8.37. The maximum Gasteiger partial charge on any atom is 0.249 e. The number of carbonyl (C=O) groups excluding carboxylic acids is 2. The molecule has 2 aromatic heterocycles. The second-order valence-electron chi connectivity index (χ2n) is 16.1. The third kappa shape index (κ3) is 7.72. The summed E-state index contributed by atoms with van der Waals surface area (Å²) in [4.78, 5) is 34.6. The quantitative estimate of drug-likeness (QED) is 0.0857. The van der Waals surface area contributed by atoms with Gasteiger partial charge in [0.05, 0.1) is 16.4 Å². The lowest BCUT2D eigenvalue weighted by atomic mass is 9.77. The minimum absolute atomic E-state index is 0.174. The smallest absolute Gasteiger partial charge is 0.249 e. The van der Waals surface area contributed by atoms with Crippen LogP contribution in [-0.2, 0) is 28.1 Å². The van der Waals surface area contributed by atoms with Gasteiger partial charge in [0.2, 0.25) is 5.91 Å². The van der Waals surface area contributed by atoms with Gasteiger partial charge >= 0.3 is 0 Å². The van der Waals surface area contributed by atoms with E-state index in [0.717, 1.165) is 107 Å². The van der Waals surface area contributed by atoms with E-state index >= 15 is 0 Å². The molecule has 0 N–H and O–H groups in total. The van der Waals surface area contributed by atoms with Gasteiger partial charge in [-0.1, -0.05) is 172 Å². The van der Waals surface area contributed by atoms with Crippen molar-refractivity contribution in [3.8, 4) is 22.5 Å². The summed E-state index contributed by atoms with van der Waals surface area (Å²) >= 11 is 0. The minimum atomic E-state index is -0.871.